The van der Waals surface area contributed by atoms with Crippen molar-refractivity contribution < 1.29 is 28.6 Å². The molecule has 1 N–H and O–H groups in total. The van der Waals surface area contributed by atoms with E-state index in [-0.39, 0.29) is 12.7 Å². The molecule has 1 fully saturated rings. The summed E-state index contributed by atoms with van der Waals surface area (Å²) >= 11 is 0. The predicted molar refractivity (Wildman–Crippen MR) is 120 cm³/mol. The minimum absolute atomic E-state index is 0.277. The van der Waals surface area contributed by atoms with Gasteiger partial charge in [0.25, 0.3) is 0 Å². The number of methoxy groups -OCH3 is 1. The number of nitrogens with one attached hydrogen (secondary N) is 1. The van der Waals surface area contributed by atoms with Crippen molar-refractivity contribution in [1.82, 2.24) is 10.2 Å². The summed E-state index contributed by atoms with van der Waals surface area (Å²) in [5, 5.41) is 2.61. The lowest BCUT2D eigenvalue weighted by molar-refractivity contribution is -0.143. The third-order valence-electron chi connectivity index (χ3n) is 5.36. The SMILES string of the molecule is COC(=O)[C@H](CCCC1CCN(C(=O)OCc2ccccc2)CC1)NC(=O)OC(C)(C)C. The first kappa shape index (κ1) is 25.5. The molecule has 1 aliphatic rings. The van der Waals surface area contributed by atoms with Crippen molar-refractivity contribution in [3.8, 4) is 0 Å². The van der Waals surface area contributed by atoms with Crippen molar-refractivity contribution in [2.45, 2.75) is 71.1 Å². The van der Waals surface area contributed by atoms with Crippen LogP contribution >= 0.6 is 0 Å². The molecule has 0 spiro atoms. The second-order valence-corrected chi connectivity index (χ2v) is 9.12. The number of amides is 2. The quantitative estimate of drug-likeness (QED) is 0.471. The standard InChI is InChI=1S/C24H36N2O6/c1-24(2,3)32-22(28)25-20(21(27)30-4)12-8-11-18-13-15-26(16-14-18)23(29)31-17-19-9-6-5-7-10-19/h5-7,9-10,18,20H,8,11-17H2,1-4H3,(H,25,28)/t20-/m0/s1. The average molecular weight is 449 g/mol. The first-order valence-electron chi connectivity index (χ1n) is 11.2. The molecule has 0 aliphatic carbocycles. The average Bonchev–Trinajstić information content (AvgIpc) is 2.76. The number of hydrogen-bond acceptors (Lipinski definition) is 6. The highest BCUT2D eigenvalue weighted by atomic mass is 16.6. The highest BCUT2D eigenvalue weighted by molar-refractivity contribution is 5.81. The number of likely N-dealkylation sites (tertiary alicyclic amines) is 1. The van der Waals surface area contributed by atoms with Crippen LogP contribution in [-0.2, 0) is 25.6 Å². The Balaban J connectivity index is 1.69. The highest BCUT2D eigenvalue weighted by Crippen LogP contribution is 2.24. The second kappa shape index (κ2) is 12.3. The lowest BCUT2D eigenvalue weighted by Crippen LogP contribution is -2.44. The van der Waals surface area contributed by atoms with E-state index in [1.165, 1.54) is 7.11 Å². The number of ether oxygens (including phenoxy) is 3. The van der Waals surface area contributed by atoms with Gasteiger partial charge < -0.3 is 24.4 Å². The minimum atomic E-state index is -0.733. The topological polar surface area (TPSA) is 94.2 Å². The summed E-state index contributed by atoms with van der Waals surface area (Å²) in [5.41, 5.74) is 0.330. The van der Waals surface area contributed by atoms with Crippen LogP contribution in [0.1, 0.15) is 58.4 Å². The van der Waals surface area contributed by atoms with Gasteiger partial charge in [0.2, 0.25) is 0 Å². The summed E-state index contributed by atoms with van der Waals surface area (Å²) in [4.78, 5) is 38.1. The van der Waals surface area contributed by atoms with E-state index in [0.29, 0.717) is 25.4 Å². The van der Waals surface area contributed by atoms with Gasteiger partial charge in [-0.1, -0.05) is 43.2 Å². The fourth-order valence-electron chi connectivity index (χ4n) is 3.67. The van der Waals surface area contributed by atoms with E-state index in [9.17, 15) is 14.4 Å². The zero-order valence-corrected chi connectivity index (χ0v) is 19.6. The zero-order chi connectivity index (χ0) is 23.6. The highest BCUT2D eigenvalue weighted by Gasteiger charge is 2.27. The van der Waals surface area contributed by atoms with Crippen LogP contribution in [0, 0.1) is 5.92 Å². The molecular weight excluding hydrogens is 412 g/mol. The molecule has 0 saturated carbocycles. The largest absolute Gasteiger partial charge is 0.467 e. The number of carbonyl (C=O) groups excluding carboxylic acids is 3. The van der Waals surface area contributed by atoms with Crippen LogP contribution in [0.15, 0.2) is 30.3 Å². The van der Waals surface area contributed by atoms with Crippen LogP contribution in [0.5, 0.6) is 0 Å². The van der Waals surface area contributed by atoms with Crippen molar-refractivity contribution in [2.75, 3.05) is 20.2 Å². The fraction of sp³-hybridized carbons (Fsp3) is 0.625. The van der Waals surface area contributed by atoms with Gasteiger partial charge in [-0.05, 0) is 51.5 Å². The van der Waals surface area contributed by atoms with Gasteiger partial charge in [-0.25, -0.2) is 14.4 Å². The number of piperidine rings is 1. The smallest absolute Gasteiger partial charge is 0.410 e. The van der Waals surface area contributed by atoms with E-state index < -0.39 is 23.7 Å². The van der Waals surface area contributed by atoms with Crippen LogP contribution in [0.2, 0.25) is 0 Å². The maximum atomic E-state index is 12.3. The molecule has 2 amide bonds. The van der Waals surface area contributed by atoms with Crippen LogP contribution in [0.25, 0.3) is 0 Å². The Morgan fingerprint density at radius 3 is 2.38 bits per heavy atom. The molecule has 1 aromatic carbocycles. The molecule has 8 nitrogen and oxygen atoms in total. The monoisotopic (exact) mass is 448 g/mol. The number of rotatable bonds is 8. The molecule has 0 aromatic heterocycles. The maximum Gasteiger partial charge on any atom is 0.410 e. The van der Waals surface area contributed by atoms with E-state index in [1.54, 1.807) is 25.7 Å². The van der Waals surface area contributed by atoms with E-state index in [4.69, 9.17) is 14.2 Å². The molecule has 8 heteroatoms. The van der Waals surface area contributed by atoms with Crippen LogP contribution in [-0.4, -0.2) is 54.9 Å². The molecule has 1 saturated heterocycles. The van der Waals surface area contributed by atoms with Gasteiger partial charge >= 0.3 is 18.2 Å². The fourth-order valence-corrected chi connectivity index (χ4v) is 3.67. The molecule has 0 radical (unpaired) electrons. The van der Waals surface area contributed by atoms with Crippen LogP contribution in [0.3, 0.4) is 0 Å². The molecule has 1 heterocycles. The van der Waals surface area contributed by atoms with Gasteiger partial charge in [0.15, 0.2) is 0 Å². The Labute approximate surface area is 190 Å². The Morgan fingerprint density at radius 2 is 1.78 bits per heavy atom. The second-order valence-electron chi connectivity index (χ2n) is 9.12. The first-order valence-corrected chi connectivity index (χ1v) is 11.2. The summed E-state index contributed by atoms with van der Waals surface area (Å²) in [6, 6.07) is 8.89. The molecular formula is C24H36N2O6. The summed E-state index contributed by atoms with van der Waals surface area (Å²) < 4.78 is 15.5. The number of carbonyl (C=O) groups is 3. The van der Waals surface area contributed by atoms with E-state index in [1.807, 2.05) is 30.3 Å². The van der Waals surface area contributed by atoms with Crippen molar-refractivity contribution in [3.05, 3.63) is 35.9 Å². The number of nitrogens with zero attached hydrogens (tertiary/aromatic N) is 1. The normalized spacial score (nSPS) is 15.6. The van der Waals surface area contributed by atoms with Gasteiger partial charge in [-0.3, -0.25) is 0 Å². The molecule has 178 valence electrons. The molecule has 0 unspecified atom stereocenters. The first-order chi connectivity index (χ1) is 15.2. The zero-order valence-electron chi connectivity index (χ0n) is 19.6. The van der Waals surface area contributed by atoms with E-state index >= 15 is 0 Å². The molecule has 0 bridgehead atoms. The van der Waals surface area contributed by atoms with Crippen molar-refractivity contribution in [2.24, 2.45) is 5.92 Å². The molecule has 32 heavy (non-hydrogen) atoms. The minimum Gasteiger partial charge on any atom is -0.467 e. The van der Waals surface area contributed by atoms with Crippen molar-refractivity contribution in [1.29, 1.82) is 0 Å². The Kier molecular flexibility index (Phi) is 9.81. The number of alkyl carbamates (subject to hydrolysis) is 1. The Hall–Kier alpha value is -2.77. The van der Waals surface area contributed by atoms with E-state index in [0.717, 1.165) is 31.2 Å². The summed E-state index contributed by atoms with van der Waals surface area (Å²) in [6.45, 7) is 6.90. The van der Waals surface area contributed by atoms with Gasteiger partial charge in [0.1, 0.15) is 18.2 Å². The van der Waals surface area contributed by atoms with Crippen LogP contribution < -0.4 is 5.32 Å². The number of benzene rings is 1. The molecule has 2 rings (SSSR count). The summed E-state index contributed by atoms with van der Waals surface area (Å²) in [7, 11) is 1.30. The third kappa shape index (κ3) is 9.16. The number of esters is 1. The lowest BCUT2D eigenvalue weighted by Gasteiger charge is -2.31. The van der Waals surface area contributed by atoms with Gasteiger partial charge in [0.05, 0.1) is 7.11 Å². The van der Waals surface area contributed by atoms with Crippen LogP contribution in [0.4, 0.5) is 9.59 Å². The maximum absolute atomic E-state index is 12.3. The third-order valence-corrected chi connectivity index (χ3v) is 5.36. The van der Waals surface area contributed by atoms with Gasteiger partial charge in [0, 0.05) is 13.1 Å². The van der Waals surface area contributed by atoms with Crippen molar-refractivity contribution in [3.63, 3.8) is 0 Å². The lowest BCUT2D eigenvalue weighted by atomic mass is 9.91. The Bertz CT molecular complexity index is 739. The molecule has 1 aromatic rings. The van der Waals surface area contributed by atoms with Gasteiger partial charge in [-0.2, -0.15) is 0 Å². The Morgan fingerprint density at radius 1 is 1.12 bits per heavy atom. The van der Waals surface area contributed by atoms with Crippen molar-refractivity contribution >= 4 is 18.2 Å². The summed E-state index contributed by atoms with van der Waals surface area (Å²) in [5.74, 6) is -0.0140. The molecule has 1 atom stereocenters. The van der Waals surface area contributed by atoms with Gasteiger partial charge in [-0.15, -0.1) is 0 Å². The number of hydrogen-bond donors (Lipinski definition) is 1. The summed E-state index contributed by atoms with van der Waals surface area (Å²) in [6.07, 6.45) is 3.03. The molecule has 1 aliphatic heterocycles. The van der Waals surface area contributed by atoms with E-state index in [2.05, 4.69) is 5.32 Å². The predicted octanol–water partition coefficient (Wildman–Crippen LogP) is 4.27.